The van der Waals surface area contributed by atoms with Crippen molar-refractivity contribution in [1.82, 2.24) is 15.2 Å². The molecule has 0 saturated carbocycles. The van der Waals surface area contributed by atoms with Crippen molar-refractivity contribution in [3.63, 3.8) is 0 Å². The molecule has 0 bridgehead atoms. The summed E-state index contributed by atoms with van der Waals surface area (Å²) in [5, 5.41) is 19.2. The first-order valence-corrected chi connectivity index (χ1v) is 9.02. The fourth-order valence-electron chi connectivity index (χ4n) is 2.98. The zero-order valence-corrected chi connectivity index (χ0v) is 15.7. The normalized spacial score (nSPS) is 14.6. The summed E-state index contributed by atoms with van der Waals surface area (Å²) < 4.78 is 6.11. The lowest BCUT2D eigenvalue weighted by atomic mass is 9.83. The Labute approximate surface area is 162 Å². The fourth-order valence-corrected chi connectivity index (χ4v) is 3.55. The van der Waals surface area contributed by atoms with Crippen LogP contribution in [0.3, 0.4) is 0 Å². The van der Waals surface area contributed by atoms with Gasteiger partial charge in [-0.05, 0) is 30.7 Å². The quantitative estimate of drug-likeness (QED) is 0.625. The topological polar surface area (TPSA) is 71.0 Å². The number of para-hydroxylation sites is 1. The van der Waals surface area contributed by atoms with Crippen LogP contribution in [-0.2, 0) is 12.0 Å². The van der Waals surface area contributed by atoms with Gasteiger partial charge in [0.05, 0.1) is 0 Å². The Balaban J connectivity index is 2.03. The minimum absolute atomic E-state index is 0.166. The summed E-state index contributed by atoms with van der Waals surface area (Å²) >= 11 is 12.4. The van der Waals surface area contributed by atoms with Gasteiger partial charge in [0.25, 0.3) is 0 Å². The van der Waals surface area contributed by atoms with Gasteiger partial charge in [0, 0.05) is 22.0 Å². The van der Waals surface area contributed by atoms with Gasteiger partial charge in [0.1, 0.15) is 29.6 Å². The monoisotopic (exact) mass is 391 g/mol. The van der Waals surface area contributed by atoms with Crippen LogP contribution in [0.15, 0.2) is 54.9 Å². The Kier molecular flexibility index (Phi) is 5.81. The van der Waals surface area contributed by atoms with Crippen molar-refractivity contribution in [2.24, 2.45) is 0 Å². The molecule has 0 fully saturated rings. The molecule has 1 heterocycles. The predicted octanol–water partition coefficient (Wildman–Crippen LogP) is 4.40. The van der Waals surface area contributed by atoms with Crippen LogP contribution in [0, 0.1) is 0 Å². The molecular formula is C19H19Cl2N3O2. The number of nitrogens with zero attached hydrogens (tertiary/aromatic N) is 2. The second kappa shape index (κ2) is 8.08. The Morgan fingerprint density at radius 2 is 1.96 bits per heavy atom. The van der Waals surface area contributed by atoms with Crippen molar-refractivity contribution >= 4 is 23.2 Å². The maximum absolute atomic E-state index is 11.7. The van der Waals surface area contributed by atoms with Crippen LogP contribution in [0.4, 0.5) is 0 Å². The van der Waals surface area contributed by atoms with E-state index >= 15 is 0 Å². The number of nitrogens with one attached hydrogen (secondary N) is 1. The molecule has 5 nitrogen and oxygen atoms in total. The number of H-pyrrole nitrogens is 1. The minimum atomic E-state index is -1.42. The standard InChI is InChI=1S/C19H19Cl2N3O2/c1-2-17(26-14-6-4-3-5-7-14)19(25,11-18-22-12-23-24-18)15-9-8-13(20)10-16(15)21/h3-10,12,17,25H,2,11H2,1H3,(H,22,23,24). The summed E-state index contributed by atoms with van der Waals surface area (Å²) in [5.74, 6) is 1.20. The summed E-state index contributed by atoms with van der Waals surface area (Å²) in [6.07, 6.45) is 1.56. The maximum Gasteiger partial charge on any atom is 0.137 e. The van der Waals surface area contributed by atoms with Crippen LogP contribution >= 0.6 is 23.2 Å². The molecule has 0 spiro atoms. The molecule has 0 aliphatic heterocycles. The zero-order chi connectivity index (χ0) is 18.6. The number of benzene rings is 2. The Morgan fingerprint density at radius 1 is 1.19 bits per heavy atom. The van der Waals surface area contributed by atoms with Gasteiger partial charge in [-0.2, -0.15) is 5.10 Å². The third-order valence-electron chi connectivity index (χ3n) is 4.22. The molecule has 7 heteroatoms. The number of aliphatic hydroxyl groups is 1. The van der Waals surface area contributed by atoms with E-state index in [1.807, 2.05) is 37.3 Å². The Morgan fingerprint density at radius 3 is 2.58 bits per heavy atom. The molecule has 0 amide bonds. The van der Waals surface area contributed by atoms with E-state index in [1.165, 1.54) is 6.33 Å². The number of hydrogen-bond donors (Lipinski definition) is 2. The molecule has 2 aromatic carbocycles. The van der Waals surface area contributed by atoms with Crippen LogP contribution in [0.25, 0.3) is 0 Å². The van der Waals surface area contributed by atoms with Crippen LogP contribution in [0.2, 0.25) is 10.0 Å². The minimum Gasteiger partial charge on any atom is -0.487 e. The van der Waals surface area contributed by atoms with Gasteiger partial charge in [-0.3, -0.25) is 5.10 Å². The molecule has 3 aromatic rings. The van der Waals surface area contributed by atoms with E-state index in [-0.39, 0.29) is 6.42 Å². The summed E-state index contributed by atoms with van der Waals surface area (Å²) in [4.78, 5) is 4.15. The van der Waals surface area contributed by atoms with Crippen molar-refractivity contribution < 1.29 is 9.84 Å². The molecule has 0 aliphatic rings. The molecule has 0 aliphatic carbocycles. The Bertz CT molecular complexity index is 843. The van der Waals surface area contributed by atoms with Crippen molar-refractivity contribution in [3.05, 3.63) is 76.3 Å². The first kappa shape index (κ1) is 18.7. The van der Waals surface area contributed by atoms with Gasteiger partial charge in [-0.1, -0.05) is 54.4 Å². The van der Waals surface area contributed by atoms with Crippen molar-refractivity contribution in [2.75, 3.05) is 0 Å². The van der Waals surface area contributed by atoms with E-state index in [2.05, 4.69) is 15.2 Å². The smallest absolute Gasteiger partial charge is 0.137 e. The van der Waals surface area contributed by atoms with E-state index in [0.29, 0.717) is 33.6 Å². The highest BCUT2D eigenvalue weighted by Crippen LogP contribution is 2.38. The first-order chi connectivity index (χ1) is 12.5. The molecule has 0 radical (unpaired) electrons. The average Bonchev–Trinajstić information content (AvgIpc) is 3.13. The fraction of sp³-hybridized carbons (Fsp3) is 0.263. The molecule has 0 saturated heterocycles. The molecule has 2 N–H and O–H groups in total. The summed E-state index contributed by atoms with van der Waals surface area (Å²) in [5.41, 5.74) is -0.894. The highest BCUT2D eigenvalue weighted by Gasteiger charge is 2.42. The van der Waals surface area contributed by atoms with E-state index in [9.17, 15) is 5.11 Å². The van der Waals surface area contributed by atoms with Crippen molar-refractivity contribution in [3.8, 4) is 5.75 Å². The van der Waals surface area contributed by atoms with Crippen LogP contribution < -0.4 is 4.74 Å². The number of rotatable bonds is 7. The number of aromatic amines is 1. The highest BCUT2D eigenvalue weighted by atomic mass is 35.5. The van der Waals surface area contributed by atoms with Crippen molar-refractivity contribution in [2.45, 2.75) is 31.5 Å². The van der Waals surface area contributed by atoms with Crippen LogP contribution in [-0.4, -0.2) is 26.4 Å². The third kappa shape index (κ3) is 4.01. The molecule has 2 atom stereocenters. The molecule has 1 aromatic heterocycles. The molecular weight excluding hydrogens is 373 g/mol. The summed E-state index contributed by atoms with van der Waals surface area (Å²) in [7, 11) is 0. The van der Waals surface area contributed by atoms with E-state index in [4.69, 9.17) is 27.9 Å². The number of hydrogen-bond acceptors (Lipinski definition) is 4. The SMILES string of the molecule is CCC(Oc1ccccc1)C(O)(Cc1ncn[nH]1)c1ccc(Cl)cc1Cl. The molecule has 2 unspecified atom stereocenters. The molecule has 26 heavy (non-hydrogen) atoms. The number of halogens is 2. The van der Waals surface area contributed by atoms with Gasteiger partial charge in [0.2, 0.25) is 0 Å². The molecule has 3 rings (SSSR count). The van der Waals surface area contributed by atoms with Gasteiger partial charge >= 0.3 is 0 Å². The maximum atomic E-state index is 11.7. The van der Waals surface area contributed by atoms with E-state index < -0.39 is 11.7 Å². The lowest BCUT2D eigenvalue weighted by Crippen LogP contribution is -2.45. The van der Waals surface area contributed by atoms with Gasteiger partial charge in [0.15, 0.2) is 0 Å². The predicted molar refractivity (Wildman–Crippen MR) is 102 cm³/mol. The average molecular weight is 392 g/mol. The van der Waals surface area contributed by atoms with E-state index in [1.54, 1.807) is 18.2 Å². The summed E-state index contributed by atoms with van der Waals surface area (Å²) in [6.45, 7) is 1.95. The molecule has 136 valence electrons. The van der Waals surface area contributed by atoms with Gasteiger partial charge < -0.3 is 9.84 Å². The zero-order valence-electron chi connectivity index (χ0n) is 14.2. The first-order valence-electron chi connectivity index (χ1n) is 8.26. The summed E-state index contributed by atoms with van der Waals surface area (Å²) in [6, 6.07) is 14.4. The van der Waals surface area contributed by atoms with E-state index in [0.717, 1.165) is 0 Å². The Hall–Kier alpha value is -2.08. The van der Waals surface area contributed by atoms with Crippen molar-refractivity contribution in [1.29, 1.82) is 0 Å². The number of ether oxygens (including phenoxy) is 1. The lowest BCUT2D eigenvalue weighted by molar-refractivity contribution is -0.0699. The van der Waals surface area contributed by atoms with Gasteiger partial charge in [-0.25, -0.2) is 4.98 Å². The van der Waals surface area contributed by atoms with Gasteiger partial charge in [-0.15, -0.1) is 0 Å². The van der Waals surface area contributed by atoms with Crippen LogP contribution in [0.5, 0.6) is 5.75 Å². The largest absolute Gasteiger partial charge is 0.487 e. The number of aromatic nitrogens is 3. The second-order valence-electron chi connectivity index (χ2n) is 5.99. The lowest BCUT2D eigenvalue weighted by Gasteiger charge is -2.36. The second-order valence-corrected chi connectivity index (χ2v) is 6.83. The highest BCUT2D eigenvalue weighted by molar-refractivity contribution is 6.35. The van der Waals surface area contributed by atoms with Crippen LogP contribution in [0.1, 0.15) is 24.7 Å². The third-order valence-corrected chi connectivity index (χ3v) is 4.77.